The van der Waals surface area contributed by atoms with Gasteiger partial charge in [0.05, 0.1) is 4.92 Å². The molecule has 1 saturated heterocycles. The van der Waals surface area contributed by atoms with Crippen molar-refractivity contribution in [1.82, 2.24) is 4.98 Å². The molecular weight excluding hydrogens is 232 g/mol. The molecule has 16 heavy (non-hydrogen) atoms. The molecule has 1 aromatic heterocycles. The van der Waals surface area contributed by atoms with E-state index >= 15 is 0 Å². The van der Waals surface area contributed by atoms with Crippen molar-refractivity contribution in [3.8, 4) is 0 Å². The maximum atomic E-state index is 10.4. The van der Waals surface area contributed by atoms with Crippen LogP contribution in [0.4, 0.5) is 11.5 Å². The molecule has 2 rings (SSSR count). The van der Waals surface area contributed by atoms with Gasteiger partial charge in [-0.05, 0) is 12.5 Å². The Bertz CT molecular complexity index is 370. The summed E-state index contributed by atoms with van der Waals surface area (Å²) in [6, 6.07) is 3.31. The van der Waals surface area contributed by atoms with E-state index in [-0.39, 0.29) is 24.1 Å². The summed E-state index contributed by atoms with van der Waals surface area (Å²) >= 11 is 0. The number of nitrogens with two attached hydrogens (primary N) is 1. The summed E-state index contributed by atoms with van der Waals surface area (Å²) in [5.74, 6) is 0.758. The smallest absolute Gasteiger partial charge is 0.287 e. The van der Waals surface area contributed by atoms with Gasteiger partial charge >= 0.3 is 0 Å². The Labute approximate surface area is 99.0 Å². The average Bonchev–Trinajstić information content (AvgIpc) is 2.65. The van der Waals surface area contributed by atoms with Gasteiger partial charge in [0.25, 0.3) is 5.69 Å². The topological polar surface area (TPSA) is 85.3 Å². The van der Waals surface area contributed by atoms with Gasteiger partial charge < -0.3 is 10.6 Å². The normalized spacial score (nSPS) is 19.3. The molecule has 1 aromatic rings. The predicted octanol–water partition coefficient (Wildman–Crippen LogP) is 0.949. The number of hydrogen-bond acceptors (Lipinski definition) is 5. The first kappa shape index (κ1) is 12.7. The van der Waals surface area contributed by atoms with E-state index in [4.69, 9.17) is 5.73 Å². The number of aromatic nitrogens is 1. The SMILES string of the molecule is Cl.N[C@@H]1CCN(c2ccc([N+](=O)[O-])cn2)C1. The minimum Gasteiger partial charge on any atom is -0.355 e. The average molecular weight is 245 g/mol. The minimum absolute atomic E-state index is 0. The van der Waals surface area contributed by atoms with Gasteiger partial charge in [-0.1, -0.05) is 0 Å². The van der Waals surface area contributed by atoms with Gasteiger partial charge in [0.2, 0.25) is 0 Å². The molecule has 2 N–H and O–H groups in total. The van der Waals surface area contributed by atoms with Crippen molar-refractivity contribution in [2.75, 3.05) is 18.0 Å². The Morgan fingerprint density at radius 2 is 2.31 bits per heavy atom. The Kier molecular flexibility index (Phi) is 4.03. The van der Waals surface area contributed by atoms with Crippen molar-refractivity contribution in [3.05, 3.63) is 28.4 Å². The van der Waals surface area contributed by atoms with Crippen LogP contribution >= 0.6 is 12.4 Å². The summed E-state index contributed by atoms with van der Waals surface area (Å²) < 4.78 is 0. The summed E-state index contributed by atoms with van der Waals surface area (Å²) in [6.07, 6.45) is 2.22. The van der Waals surface area contributed by atoms with Crippen LogP contribution in [0.2, 0.25) is 0 Å². The molecule has 1 fully saturated rings. The Balaban J connectivity index is 0.00000128. The zero-order valence-corrected chi connectivity index (χ0v) is 9.39. The highest BCUT2D eigenvalue weighted by atomic mass is 35.5. The molecule has 1 aliphatic rings. The molecule has 2 heterocycles. The van der Waals surface area contributed by atoms with Gasteiger partial charge in [0, 0.05) is 25.2 Å². The number of nitrogens with zero attached hydrogens (tertiary/aromatic N) is 3. The zero-order chi connectivity index (χ0) is 10.8. The molecule has 88 valence electrons. The van der Waals surface area contributed by atoms with E-state index in [0.717, 1.165) is 25.3 Å². The highest BCUT2D eigenvalue weighted by molar-refractivity contribution is 5.85. The quantitative estimate of drug-likeness (QED) is 0.618. The monoisotopic (exact) mass is 244 g/mol. The highest BCUT2D eigenvalue weighted by Crippen LogP contribution is 2.19. The predicted molar refractivity (Wildman–Crippen MR) is 62.9 cm³/mol. The maximum absolute atomic E-state index is 10.4. The number of hydrogen-bond donors (Lipinski definition) is 1. The lowest BCUT2D eigenvalue weighted by Gasteiger charge is -2.15. The van der Waals surface area contributed by atoms with Crippen molar-refractivity contribution in [2.45, 2.75) is 12.5 Å². The van der Waals surface area contributed by atoms with Crippen LogP contribution < -0.4 is 10.6 Å². The summed E-state index contributed by atoms with van der Waals surface area (Å²) in [4.78, 5) is 16.0. The van der Waals surface area contributed by atoms with E-state index in [1.807, 2.05) is 4.90 Å². The number of pyridine rings is 1. The van der Waals surface area contributed by atoms with Crippen LogP contribution in [-0.2, 0) is 0 Å². The van der Waals surface area contributed by atoms with Crippen LogP contribution in [0.3, 0.4) is 0 Å². The Morgan fingerprint density at radius 1 is 1.56 bits per heavy atom. The Hall–Kier alpha value is -1.40. The molecule has 0 unspecified atom stereocenters. The van der Waals surface area contributed by atoms with Crippen LogP contribution in [0.15, 0.2) is 18.3 Å². The third-order valence-corrected chi connectivity index (χ3v) is 2.49. The lowest BCUT2D eigenvalue weighted by Crippen LogP contribution is -2.26. The molecule has 7 heteroatoms. The van der Waals surface area contributed by atoms with Gasteiger partial charge in [-0.2, -0.15) is 0 Å². The third kappa shape index (κ3) is 2.59. The van der Waals surface area contributed by atoms with Crippen molar-refractivity contribution in [3.63, 3.8) is 0 Å². The van der Waals surface area contributed by atoms with E-state index in [1.165, 1.54) is 12.3 Å². The van der Waals surface area contributed by atoms with E-state index in [0.29, 0.717) is 0 Å². The molecule has 0 amide bonds. The van der Waals surface area contributed by atoms with E-state index in [1.54, 1.807) is 6.07 Å². The molecule has 6 nitrogen and oxygen atoms in total. The van der Waals surface area contributed by atoms with Gasteiger partial charge in [-0.15, -0.1) is 12.4 Å². The van der Waals surface area contributed by atoms with Crippen LogP contribution in [0.25, 0.3) is 0 Å². The van der Waals surface area contributed by atoms with E-state index < -0.39 is 4.92 Å². The fourth-order valence-electron chi connectivity index (χ4n) is 1.67. The van der Waals surface area contributed by atoms with Crippen molar-refractivity contribution in [1.29, 1.82) is 0 Å². The largest absolute Gasteiger partial charge is 0.355 e. The molecule has 1 atom stereocenters. The second-order valence-electron chi connectivity index (χ2n) is 3.63. The van der Waals surface area contributed by atoms with Crippen LogP contribution in [0.5, 0.6) is 0 Å². The van der Waals surface area contributed by atoms with E-state index in [9.17, 15) is 10.1 Å². The minimum atomic E-state index is -0.452. The third-order valence-electron chi connectivity index (χ3n) is 2.49. The summed E-state index contributed by atoms with van der Waals surface area (Å²) in [5.41, 5.74) is 5.78. The first-order valence-electron chi connectivity index (χ1n) is 4.78. The van der Waals surface area contributed by atoms with Crippen LogP contribution in [0.1, 0.15) is 6.42 Å². The van der Waals surface area contributed by atoms with Gasteiger partial charge in [0.1, 0.15) is 12.0 Å². The standard InChI is InChI=1S/C9H12N4O2.ClH/c10-7-3-4-12(6-7)9-2-1-8(5-11-9)13(14)15;/h1-2,5,7H,3-4,6,10H2;1H/t7-;/m1./s1. The number of halogens is 1. The Morgan fingerprint density at radius 3 is 2.75 bits per heavy atom. The highest BCUT2D eigenvalue weighted by Gasteiger charge is 2.20. The summed E-state index contributed by atoms with van der Waals surface area (Å²) in [5, 5.41) is 10.4. The first-order chi connectivity index (χ1) is 7.16. The number of anilines is 1. The summed E-state index contributed by atoms with van der Waals surface area (Å²) in [6.45, 7) is 1.64. The first-order valence-corrected chi connectivity index (χ1v) is 4.78. The number of nitro groups is 1. The molecule has 0 spiro atoms. The van der Waals surface area contributed by atoms with Crippen molar-refractivity contribution >= 4 is 23.9 Å². The van der Waals surface area contributed by atoms with Gasteiger partial charge in [0.15, 0.2) is 0 Å². The van der Waals surface area contributed by atoms with Gasteiger partial charge in [-0.3, -0.25) is 10.1 Å². The second kappa shape index (κ2) is 5.09. The molecule has 0 aliphatic carbocycles. The summed E-state index contributed by atoms with van der Waals surface area (Å²) in [7, 11) is 0. The molecule has 0 radical (unpaired) electrons. The van der Waals surface area contributed by atoms with Crippen LogP contribution in [-0.4, -0.2) is 29.0 Å². The molecule has 0 saturated carbocycles. The van der Waals surface area contributed by atoms with Crippen molar-refractivity contribution in [2.24, 2.45) is 5.73 Å². The molecule has 0 aromatic carbocycles. The van der Waals surface area contributed by atoms with E-state index in [2.05, 4.69) is 4.98 Å². The van der Waals surface area contributed by atoms with Crippen LogP contribution in [0, 0.1) is 10.1 Å². The second-order valence-corrected chi connectivity index (χ2v) is 3.63. The molecular formula is C9H13ClN4O2. The van der Waals surface area contributed by atoms with Gasteiger partial charge in [-0.25, -0.2) is 4.98 Å². The number of rotatable bonds is 2. The molecule has 0 bridgehead atoms. The zero-order valence-electron chi connectivity index (χ0n) is 8.57. The lowest BCUT2D eigenvalue weighted by atomic mass is 10.3. The molecule has 1 aliphatic heterocycles. The fourth-order valence-corrected chi connectivity index (χ4v) is 1.67. The maximum Gasteiger partial charge on any atom is 0.287 e. The fraction of sp³-hybridized carbons (Fsp3) is 0.444. The van der Waals surface area contributed by atoms with Crippen molar-refractivity contribution < 1.29 is 4.92 Å². The lowest BCUT2D eigenvalue weighted by molar-refractivity contribution is -0.385.